The van der Waals surface area contributed by atoms with Crippen molar-refractivity contribution in [3.8, 4) is 17.2 Å². The van der Waals surface area contributed by atoms with Crippen molar-refractivity contribution in [2.45, 2.75) is 51.7 Å². The summed E-state index contributed by atoms with van der Waals surface area (Å²) in [6, 6.07) is 21.4. The highest BCUT2D eigenvalue weighted by atomic mass is 16.5. The van der Waals surface area contributed by atoms with E-state index in [0.29, 0.717) is 30.0 Å². The second-order valence-electron chi connectivity index (χ2n) is 9.50. The lowest BCUT2D eigenvalue weighted by molar-refractivity contribution is 0.0545. The van der Waals surface area contributed by atoms with Crippen molar-refractivity contribution < 1.29 is 19.4 Å². The average molecular weight is 470 g/mol. The lowest BCUT2D eigenvalue weighted by Gasteiger charge is -2.36. The maximum absolute atomic E-state index is 13.4. The number of aliphatic hydroxyl groups excluding tert-OH is 1. The van der Waals surface area contributed by atoms with Crippen LogP contribution in [0.1, 0.15) is 60.3 Å². The predicted molar refractivity (Wildman–Crippen MR) is 136 cm³/mol. The molecule has 35 heavy (non-hydrogen) atoms. The number of carbonyl (C=O) groups is 1. The topological polar surface area (TPSA) is 59.0 Å². The molecule has 0 saturated carbocycles. The van der Waals surface area contributed by atoms with Gasteiger partial charge in [0.1, 0.15) is 23.0 Å². The second kappa shape index (κ2) is 9.14. The maximum Gasteiger partial charge on any atom is 0.254 e. The van der Waals surface area contributed by atoms with E-state index in [1.165, 1.54) is 11.1 Å². The Kier molecular flexibility index (Phi) is 6.01. The number of fused-ring (bicyclic) bond motifs is 1. The zero-order valence-corrected chi connectivity index (χ0v) is 20.5. The number of aliphatic hydroxyl groups is 1. The Hall–Kier alpha value is -3.73. The Labute approximate surface area is 206 Å². The fraction of sp³-hybridized carbons (Fsp3) is 0.300. The number of benzene rings is 3. The minimum absolute atomic E-state index is 0.0112. The van der Waals surface area contributed by atoms with E-state index in [1.807, 2.05) is 60.4 Å². The third-order valence-corrected chi connectivity index (χ3v) is 7.15. The summed E-state index contributed by atoms with van der Waals surface area (Å²) < 4.78 is 12.2. The molecule has 0 radical (unpaired) electrons. The molecule has 5 heteroatoms. The monoisotopic (exact) mass is 469 g/mol. The largest absolute Gasteiger partial charge is 0.508 e. The molecule has 1 amide bonds. The summed E-state index contributed by atoms with van der Waals surface area (Å²) in [5.74, 6) is 2.32. The van der Waals surface area contributed by atoms with E-state index in [0.717, 1.165) is 24.2 Å². The highest BCUT2D eigenvalue weighted by Gasteiger charge is 2.38. The zero-order chi connectivity index (χ0) is 24.6. The van der Waals surface area contributed by atoms with Crippen molar-refractivity contribution in [1.29, 1.82) is 0 Å². The number of hydrogen-bond donors (Lipinski definition) is 1. The highest BCUT2D eigenvalue weighted by Crippen LogP contribution is 2.38. The number of nitrogens with zero attached hydrogens (tertiary/aromatic N) is 1. The molecule has 0 fully saturated rings. The molecule has 3 aromatic carbocycles. The summed E-state index contributed by atoms with van der Waals surface area (Å²) in [5.41, 5.74) is 3.49. The normalized spacial score (nSPS) is 20.9. The van der Waals surface area contributed by atoms with Crippen LogP contribution in [-0.2, 0) is 12.8 Å². The van der Waals surface area contributed by atoms with Crippen molar-refractivity contribution in [2.75, 3.05) is 6.54 Å². The van der Waals surface area contributed by atoms with Crippen LogP contribution in [0.4, 0.5) is 0 Å². The Morgan fingerprint density at radius 1 is 1.09 bits per heavy atom. The minimum Gasteiger partial charge on any atom is -0.508 e. The summed E-state index contributed by atoms with van der Waals surface area (Å²) in [6.07, 6.45) is 4.08. The number of amides is 1. The fourth-order valence-electron chi connectivity index (χ4n) is 4.86. The molecule has 5 nitrogen and oxygen atoms in total. The summed E-state index contributed by atoms with van der Waals surface area (Å²) in [5, 5.41) is 9.95. The van der Waals surface area contributed by atoms with Gasteiger partial charge in [-0.3, -0.25) is 4.79 Å². The van der Waals surface area contributed by atoms with Crippen LogP contribution in [0.3, 0.4) is 0 Å². The van der Waals surface area contributed by atoms with Crippen LogP contribution in [0, 0.1) is 0 Å². The summed E-state index contributed by atoms with van der Waals surface area (Å²) in [6.45, 7) is 6.73. The van der Waals surface area contributed by atoms with Crippen molar-refractivity contribution in [3.05, 3.63) is 101 Å². The van der Waals surface area contributed by atoms with Gasteiger partial charge in [0, 0.05) is 18.5 Å². The molecule has 2 aliphatic rings. The molecule has 2 unspecified atom stereocenters. The number of aryl methyl sites for hydroxylation is 1. The number of ether oxygens (including phenoxy) is 2. The van der Waals surface area contributed by atoms with E-state index in [2.05, 4.69) is 32.0 Å². The lowest BCUT2D eigenvalue weighted by Crippen LogP contribution is -2.40. The first-order chi connectivity index (χ1) is 16.9. The molecule has 0 saturated heterocycles. The van der Waals surface area contributed by atoms with Crippen LogP contribution < -0.4 is 9.47 Å². The first-order valence-electron chi connectivity index (χ1n) is 12.3. The van der Waals surface area contributed by atoms with Crippen LogP contribution >= 0.6 is 0 Å². The Bertz CT molecular complexity index is 1300. The van der Waals surface area contributed by atoms with Gasteiger partial charge in [-0.15, -0.1) is 0 Å². The van der Waals surface area contributed by atoms with E-state index in [-0.39, 0.29) is 17.7 Å². The second-order valence-corrected chi connectivity index (χ2v) is 9.50. The molecule has 1 N–H and O–H groups in total. The van der Waals surface area contributed by atoms with Crippen LogP contribution in [0.15, 0.2) is 78.6 Å². The minimum atomic E-state index is -0.660. The molecular formula is C30H31NO4. The zero-order valence-electron chi connectivity index (χ0n) is 20.5. The van der Waals surface area contributed by atoms with Crippen molar-refractivity contribution >= 4 is 5.91 Å². The van der Waals surface area contributed by atoms with E-state index in [4.69, 9.17) is 9.47 Å². The number of rotatable bonds is 6. The molecule has 1 aliphatic carbocycles. The first kappa shape index (κ1) is 23.0. The highest BCUT2D eigenvalue weighted by molar-refractivity contribution is 5.95. The summed E-state index contributed by atoms with van der Waals surface area (Å²) in [7, 11) is 0. The standard InChI is InChI=1S/C30H31NO4/c1-4-21-18-25(12-13-27(21)35-30(3)16-14-28(30)32)34-24-10-7-9-23(19-24)29(33)31-17-15-22-8-5-6-11-26(22)20(31)2/h5-14,18-20,32H,4,15-17H2,1-3H3. The first-order valence-corrected chi connectivity index (χ1v) is 12.3. The van der Waals surface area contributed by atoms with Crippen LogP contribution in [0.2, 0.25) is 0 Å². The Morgan fingerprint density at radius 2 is 1.89 bits per heavy atom. The van der Waals surface area contributed by atoms with Crippen LogP contribution in [-0.4, -0.2) is 28.1 Å². The van der Waals surface area contributed by atoms with Gasteiger partial charge in [0.2, 0.25) is 0 Å². The van der Waals surface area contributed by atoms with Crippen molar-refractivity contribution in [1.82, 2.24) is 4.90 Å². The lowest BCUT2D eigenvalue weighted by atomic mass is 9.88. The molecule has 3 aromatic rings. The molecular weight excluding hydrogens is 438 g/mol. The third-order valence-electron chi connectivity index (χ3n) is 7.15. The predicted octanol–water partition coefficient (Wildman–Crippen LogP) is 6.78. The molecule has 1 aliphatic heterocycles. The average Bonchev–Trinajstić information content (AvgIpc) is 2.88. The third kappa shape index (κ3) is 4.39. The van der Waals surface area contributed by atoms with Gasteiger partial charge in [0.05, 0.1) is 6.04 Å². The number of hydrogen-bond acceptors (Lipinski definition) is 4. The molecule has 0 bridgehead atoms. The van der Waals surface area contributed by atoms with Crippen molar-refractivity contribution in [3.63, 3.8) is 0 Å². The number of carbonyl (C=O) groups excluding carboxylic acids is 1. The quantitative estimate of drug-likeness (QED) is 0.432. The van der Waals surface area contributed by atoms with Gasteiger partial charge >= 0.3 is 0 Å². The molecule has 2 atom stereocenters. The van der Waals surface area contributed by atoms with Gasteiger partial charge in [-0.25, -0.2) is 0 Å². The van der Waals surface area contributed by atoms with E-state index < -0.39 is 5.60 Å². The van der Waals surface area contributed by atoms with E-state index >= 15 is 0 Å². The molecule has 0 spiro atoms. The molecule has 180 valence electrons. The smallest absolute Gasteiger partial charge is 0.254 e. The molecule has 1 heterocycles. The maximum atomic E-state index is 13.4. The Balaban J connectivity index is 1.32. The van der Waals surface area contributed by atoms with Gasteiger partial charge < -0.3 is 19.5 Å². The summed E-state index contributed by atoms with van der Waals surface area (Å²) in [4.78, 5) is 15.3. The van der Waals surface area contributed by atoms with Gasteiger partial charge in [-0.1, -0.05) is 37.3 Å². The fourth-order valence-corrected chi connectivity index (χ4v) is 4.86. The van der Waals surface area contributed by atoms with Gasteiger partial charge in [-0.05, 0) is 85.9 Å². The van der Waals surface area contributed by atoms with E-state index in [1.54, 1.807) is 6.08 Å². The molecule has 5 rings (SSSR count). The van der Waals surface area contributed by atoms with Crippen molar-refractivity contribution in [2.24, 2.45) is 0 Å². The SMILES string of the molecule is CCc1cc(Oc2cccc(C(=O)N3CCc4ccccc4C3C)c2)ccc1OC1(C)CC=C1O. The van der Waals surface area contributed by atoms with Gasteiger partial charge in [-0.2, -0.15) is 0 Å². The van der Waals surface area contributed by atoms with Gasteiger partial charge in [0.15, 0.2) is 5.60 Å². The van der Waals surface area contributed by atoms with E-state index in [9.17, 15) is 9.90 Å². The van der Waals surface area contributed by atoms with Crippen LogP contribution in [0.5, 0.6) is 17.2 Å². The summed E-state index contributed by atoms with van der Waals surface area (Å²) >= 11 is 0. The Morgan fingerprint density at radius 3 is 2.63 bits per heavy atom. The van der Waals surface area contributed by atoms with Crippen LogP contribution in [0.25, 0.3) is 0 Å². The molecule has 0 aromatic heterocycles. The van der Waals surface area contributed by atoms with Gasteiger partial charge in [0.25, 0.3) is 5.91 Å².